The summed E-state index contributed by atoms with van der Waals surface area (Å²) in [6.45, 7) is 6.97. The molecule has 0 aromatic carbocycles. The van der Waals surface area contributed by atoms with Crippen LogP contribution < -0.4 is 5.32 Å². The van der Waals surface area contributed by atoms with Gasteiger partial charge in [-0.2, -0.15) is 11.8 Å². The summed E-state index contributed by atoms with van der Waals surface area (Å²) >= 11 is 2.07. The van der Waals surface area contributed by atoms with Crippen molar-refractivity contribution in [3.63, 3.8) is 0 Å². The molecule has 3 rings (SSSR count). The molecular weight excluding hydrogens is 242 g/mol. The van der Waals surface area contributed by atoms with Gasteiger partial charge in [-0.15, -0.1) is 0 Å². The van der Waals surface area contributed by atoms with Gasteiger partial charge in [-0.25, -0.2) is 0 Å². The van der Waals surface area contributed by atoms with Crippen LogP contribution in [0.3, 0.4) is 0 Å². The number of hydrogen-bond donors (Lipinski definition) is 1. The molecule has 2 saturated heterocycles. The molecule has 0 amide bonds. The summed E-state index contributed by atoms with van der Waals surface area (Å²) in [6, 6.07) is 0.702. The van der Waals surface area contributed by atoms with Crippen LogP contribution in [0.2, 0.25) is 0 Å². The Morgan fingerprint density at radius 3 is 2.78 bits per heavy atom. The molecule has 3 aliphatic rings. The van der Waals surface area contributed by atoms with E-state index >= 15 is 0 Å². The average Bonchev–Trinajstić information content (AvgIpc) is 3.04. The second-order valence-corrected chi connectivity index (χ2v) is 8.03. The molecule has 1 saturated carbocycles. The van der Waals surface area contributed by atoms with Gasteiger partial charge in [-0.1, -0.05) is 13.8 Å². The number of ether oxygens (including phenoxy) is 1. The van der Waals surface area contributed by atoms with Crippen molar-refractivity contribution in [2.45, 2.75) is 57.6 Å². The van der Waals surface area contributed by atoms with Crippen molar-refractivity contribution in [2.75, 3.05) is 24.7 Å². The van der Waals surface area contributed by atoms with Crippen LogP contribution in [0.4, 0.5) is 0 Å². The first-order valence-electron chi connectivity index (χ1n) is 7.59. The summed E-state index contributed by atoms with van der Waals surface area (Å²) in [5.41, 5.74) is 0.866. The van der Waals surface area contributed by atoms with Crippen LogP contribution in [0.15, 0.2) is 0 Å². The maximum Gasteiger partial charge on any atom is 0.0795 e. The first-order valence-corrected chi connectivity index (χ1v) is 8.75. The normalized spacial score (nSPS) is 38.5. The van der Waals surface area contributed by atoms with Gasteiger partial charge < -0.3 is 10.1 Å². The van der Waals surface area contributed by atoms with Gasteiger partial charge in [0.2, 0.25) is 0 Å². The van der Waals surface area contributed by atoms with E-state index < -0.39 is 0 Å². The maximum absolute atomic E-state index is 6.09. The molecule has 2 aliphatic heterocycles. The molecule has 2 atom stereocenters. The van der Waals surface area contributed by atoms with E-state index in [2.05, 4.69) is 30.9 Å². The van der Waals surface area contributed by atoms with Crippen LogP contribution in [0.25, 0.3) is 0 Å². The van der Waals surface area contributed by atoms with Gasteiger partial charge in [0.1, 0.15) is 0 Å². The van der Waals surface area contributed by atoms with Crippen molar-refractivity contribution >= 4 is 11.8 Å². The Balaban J connectivity index is 1.51. The summed E-state index contributed by atoms with van der Waals surface area (Å²) < 4.78 is 6.09. The smallest absolute Gasteiger partial charge is 0.0795 e. The van der Waals surface area contributed by atoms with Gasteiger partial charge in [0.05, 0.1) is 5.60 Å². The predicted molar refractivity (Wildman–Crippen MR) is 78.2 cm³/mol. The lowest BCUT2D eigenvalue weighted by molar-refractivity contribution is -0.0707. The molecule has 0 radical (unpaired) electrons. The lowest BCUT2D eigenvalue weighted by atomic mass is 9.88. The third-order valence-electron chi connectivity index (χ3n) is 5.42. The highest BCUT2D eigenvalue weighted by Crippen LogP contribution is 2.51. The van der Waals surface area contributed by atoms with Crippen molar-refractivity contribution in [3.05, 3.63) is 0 Å². The summed E-state index contributed by atoms with van der Waals surface area (Å²) in [7, 11) is 0. The molecule has 104 valence electrons. The zero-order valence-electron chi connectivity index (χ0n) is 11.8. The molecule has 1 spiro atoms. The monoisotopic (exact) mass is 269 g/mol. The number of hydrogen-bond acceptors (Lipinski definition) is 3. The first kappa shape index (κ1) is 13.3. The predicted octanol–water partition coefficient (Wildman–Crippen LogP) is 3.07. The molecule has 1 N–H and O–H groups in total. The van der Waals surface area contributed by atoms with Gasteiger partial charge in [-0.3, -0.25) is 0 Å². The van der Waals surface area contributed by atoms with E-state index in [1.807, 2.05) is 0 Å². The summed E-state index contributed by atoms with van der Waals surface area (Å²) in [5.74, 6) is 3.35. The van der Waals surface area contributed by atoms with E-state index in [9.17, 15) is 0 Å². The van der Waals surface area contributed by atoms with Crippen LogP contribution in [0, 0.1) is 11.3 Å². The lowest BCUT2D eigenvalue weighted by Crippen LogP contribution is -2.48. The highest BCUT2D eigenvalue weighted by molar-refractivity contribution is 7.99. The fourth-order valence-electron chi connectivity index (χ4n) is 3.53. The molecule has 3 fully saturated rings. The molecule has 2 heterocycles. The van der Waals surface area contributed by atoms with E-state index in [1.165, 1.54) is 50.2 Å². The van der Waals surface area contributed by atoms with E-state index in [0.29, 0.717) is 11.5 Å². The van der Waals surface area contributed by atoms with E-state index in [-0.39, 0.29) is 5.60 Å². The zero-order valence-corrected chi connectivity index (χ0v) is 12.7. The third-order valence-corrected chi connectivity index (χ3v) is 6.64. The molecule has 0 aromatic rings. The fraction of sp³-hybridized carbons (Fsp3) is 1.00. The third kappa shape index (κ3) is 2.59. The van der Waals surface area contributed by atoms with E-state index in [0.717, 1.165) is 12.5 Å². The largest absolute Gasteiger partial charge is 0.374 e. The molecular formula is C15H27NOS. The van der Waals surface area contributed by atoms with Gasteiger partial charge in [0.15, 0.2) is 0 Å². The Bertz CT molecular complexity index is 295. The standard InChI is InChI=1S/C15H27NOS/c1-12(2)14(4-5-14)10-16-13-3-7-17-15(9-13)6-8-18-11-15/h12-13,16H,3-11H2,1-2H3. The fourth-order valence-corrected chi connectivity index (χ4v) is 4.91. The Morgan fingerprint density at radius 2 is 2.17 bits per heavy atom. The molecule has 2 nitrogen and oxygen atoms in total. The second-order valence-electron chi connectivity index (χ2n) is 6.92. The van der Waals surface area contributed by atoms with Crippen LogP contribution >= 0.6 is 11.8 Å². The first-order chi connectivity index (χ1) is 8.64. The molecule has 3 heteroatoms. The summed E-state index contributed by atoms with van der Waals surface area (Å²) in [5, 5.41) is 3.87. The highest BCUT2D eigenvalue weighted by Gasteiger charge is 2.46. The zero-order chi connectivity index (χ0) is 12.6. The molecule has 2 unspecified atom stereocenters. The minimum absolute atomic E-state index is 0.231. The van der Waals surface area contributed by atoms with Crippen LogP contribution in [0.1, 0.15) is 46.0 Å². The van der Waals surface area contributed by atoms with Crippen molar-refractivity contribution < 1.29 is 4.74 Å². The van der Waals surface area contributed by atoms with Gasteiger partial charge in [-0.05, 0) is 49.2 Å². The summed E-state index contributed by atoms with van der Waals surface area (Å²) in [4.78, 5) is 0. The van der Waals surface area contributed by atoms with Crippen molar-refractivity contribution in [3.8, 4) is 0 Å². The topological polar surface area (TPSA) is 21.3 Å². The van der Waals surface area contributed by atoms with Crippen molar-refractivity contribution in [1.82, 2.24) is 5.32 Å². The van der Waals surface area contributed by atoms with E-state index in [1.54, 1.807) is 0 Å². The van der Waals surface area contributed by atoms with Crippen molar-refractivity contribution in [2.24, 2.45) is 11.3 Å². The van der Waals surface area contributed by atoms with Crippen LogP contribution in [-0.4, -0.2) is 36.3 Å². The number of thioether (sulfide) groups is 1. The molecule has 0 bridgehead atoms. The quantitative estimate of drug-likeness (QED) is 0.847. The van der Waals surface area contributed by atoms with Crippen molar-refractivity contribution in [1.29, 1.82) is 0 Å². The molecule has 0 aromatic heterocycles. The van der Waals surface area contributed by atoms with E-state index in [4.69, 9.17) is 4.74 Å². The van der Waals surface area contributed by atoms with Crippen LogP contribution in [0.5, 0.6) is 0 Å². The van der Waals surface area contributed by atoms with Crippen LogP contribution in [-0.2, 0) is 4.74 Å². The van der Waals surface area contributed by atoms with Gasteiger partial charge >= 0.3 is 0 Å². The van der Waals surface area contributed by atoms with Gasteiger partial charge in [0.25, 0.3) is 0 Å². The summed E-state index contributed by atoms with van der Waals surface area (Å²) in [6.07, 6.45) is 6.59. The van der Waals surface area contributed by atoms with Gasteiger partial charge in [0, 0.05) is 24.9 Å². The minimum Gasteiger partial charge on any atom is -0.374 e. The Labute approximate surface area is 116 Å². The SMILES string of the molecule is CC(C)C1(CNC2CCOC3(CCSC3)C2)CC1. The lowest BCUT2D eigenvalue weighted by Gasteiger charge is -2.39. The molecule has 18 heavy (non-hydrogen) atoms. The Morgan fingerprint density at radius 1 is 1.33 bits per heavy atom. The number of nitrogens with one attached hydrogen (secondary N) is 1. The Hall–Kier alpha value is 0.270. The highest BCUT2D eigenvalue weighted by atomic mass is 32.2. The average molecular weight is 269 g/mol. The minimum atomic E-state index is 0.231. The molecule has 1 aliphatic carbocycles. The maximum atomic E-state index is 6.09. The number of rotatable bonds is 4. The Kier molecular flexibility index (Phi) is 3.68. The second kappa shape index (κ2) is 4.99.